The maximum atomic E-state index is 12.3. The minimum Gasteiger partial charge on any atom is -0.292 e. The van der Waals surface area contributed by atoms with Gasteiger partial charge in [0.15, 0.2) is 0 Å². The number of alkyl halides is 3. The number of benzene rings is 1. The fraction of sp³-hybridized carbons (Fsp3) is 0.571. The van der Waals surface area contributed by atoms with Gasteiger partial charge in [-0.1, -0.05) is 29.8 Å². The molecule has 1 aromatic rings. The number of halogens is 3. The van der Waals surface area contributed by atoms with E-state index in [-0.39, 0.29) is 31.9 Å². The average molecular weight is 336 g/mol. The molecule has 8 heteroatoms. The van der Waals surface area contributed by atoms with Crippen LogP contribution < -0.4 is 0 Å². The summed E-state index contributed by atoms with van der Waals surface area (Å²) < 4.78 is 62.9. The van der Waals surface area contributed by atoms with Crippen molar-refractivity contribution >= 4 is 10.0 Å². The molecule has 2 rings (SSSR count). The minimum atomic E-state index is -4.25. The molecule has 1 aromatic carbocycles. The van der Waals surface area contributed by atoms with Crippen molar-refractivity contribution in [2.75, 3.05) is 32.7 Å². The van der Waals surface area contributed by atoms with E-state index in [0.29, 0.717) is 5.56 Å². The van der Waals surface area contributed by atoms with E-state index in [1.807, 2.05) is 13.0 Å². The summed E-state index contributed by atoms with van der Waals surface area (Å²) in [5.41, 5.74) is 1.67. The van der Waals surface area contributed by atoms with E-state index in [1.165, 1.54) is 9.21 Å². The second-order valence-corrected chi connectivity index (χ2v) is 7.50. The van der Waals surface area contributed by atoms with Crippen molar-refractivity contribution in [2.24, 2.45) is 0 Å². The first-order valence-electron chi connectivity index (χ1n) is 6.98. The van der Waals surface area contributed by atoms with Crippen LogP contribution in [0.2, 0.25) is 0 Å². The van der Waals surface area contributed by atoms with Crippen molar-refractivity contribution in [1.82, 2.24) is 9.21 Å². The van der Waals surface area contributed by atoms with E-state index in [0.717, 1.165) is 5.56 Å². The Morgan fingerprint density at radius 2 is 1.77 bits per heavy atom. The van der Waals surface area contributed by atoms with Crippen molar-refractivity contribution < 1.29 is 21.6 Å². The molecule has 1 saturated heterocycles. The van der Waals surface area contributed by atoms with Crippen LogP contribution in [0.25, 0.3) is 0 Å². The van der Waals surface area contributed by atoms with Crippen LogP contribution >= 0.6 is 0 Å². The zero-order valence-electron chi connectivity index (χ0n) is 12.3. The van der Waals surface area contributed by atoms with Crippen molar-refractivity contribution in [2.45, 2.75) is 18.9 Å². The lowest BCUT2D eigenvalue weighted by atomic mass is 10.2. The van der Waals surface area contributed by atoms with E-state index in [2.05, 4.69) is 0 Å². The third-order valence-corrected chi connectivity index (χ3v) is 5.41. The predicted octanol–water partition coefficient (Wildman–Crippen LogP) is 2.00. The molecular formula is C14H19F3N2O2S. The highest BCUT2D eigenvalue weighted by Crippen LogP contribution is 2.19. The van der Waals surface area contributed by atoms with Crippen LogP contribution in [0.4, 0.5) is 13.2 Å². The summed E-state index contributed by atoms with van der Waals surface area (Å²) >= 11 is 0. The van der Waals surface area contributed by atoms with Gasteiger partial charge in [-0.15, -0.1) is 0 Å². The topological polar surface area (TPSA) is 40.6 Å². The molecule has 0 unspecified atom stereocenters. The zero-order valence-corrected chi connectivity index (χ0v) is 13.1. The summed E-state index contributed by atoms with van der Waals surface area (Å²) in [5, 5.41) is 0. The molecule has 0 radical (unpaired) electrons. The molecule has 22 heavy (non-hydrogen) atoms. The Morgan fingerprint density at radius 1 is 1.14 bits per heavy atom. The number of hydrogen-bond donors (Lipinski definition) is 0. The lowest BCUT2D eigenvalue weighted by Crippen LogP contribution is -2.51. The minimum absolute atomic E-state index is 0.101. The smallest absolute Gasteiger partial charge is 0.292 e. The maximum Gasteiger partial charge on any atom is 0.401 e. The monoisotopic (exact) mass is 336 g/mol. The standard InChI is InChI=1S/C14H19F3N2O2S/c1-12-3-2-4-13(9-12)10-22(20,21)19-7-5-18(6-8-19)11-14(15,16)17/h2-4,9H,5-8,10-11H2,1H3. The average Bonchev–Trinajstić information content (AvgIpc) is 2.36. The fourth-order valence-electron chi connectivity index (χ4n) is 2.52. The Morgan fingerprint density at radius 3 is 2.32 bits per heavy atom. The Hall–Kier alpha value is -1.12. The van der Waals surface area contributed by atoms with Crippen LogP contribution in [0.15, 0.2) is 24.3 Å². The van der Waals surface area contributed by atoms with Gasteiger partial charge in [0.1, 0.15) is 0 Å². The number of rotatable bonds is 4. The SMILES string of the molecule is Cc1cccc(CS(=O)(=O)N2CCN(CC(F)(F)F)CC2)c1. The van der Waals surface area contributed by atoms with Gasteiger partial charge in [0.2, 0.25) is 10.0 Å². The maximum absolute atomic E-state index is 12.3. The van der Waals surface area contributed by atoms with Gasteiger partial charge < -0.3 is 0 Å². The van der Waals surface area contributed by atoms with Gasteiger partial charge >= 0.3 is 6.18 Å². The largest absolute Gasteiger partial charge is 0.401 e. The number of hydrogen-bond acceptors (Lipinski definition) is 3. The second-order valence-electron chi connectivity index (χ2n) is 5.54. The molecule has 0 aliphatic carbocycles. The van der Waals surface area contributed by atoms with E-state index in [9.17, 15) is 21.6 Å². The Kier molecular flexibility index (Phi) is 5.14. The highest BCUT2D eigenvalue weighted by atomic mass is 32.2. The van der Waals surface area contributed by atoms with Crippen molar-refractivity contribution in [1.29, 1.82) is 0 Å². The molecule has 1 aliphatic heterocycles. The number of nitrogens with zero attached hydrogens (tertiary/aromatic N) is 2. The summed E-state index contributed by atoms with van der Waals surface area (Å²) in [7, 11) is -3.49. The normalized spacial score (nSPS) is 18.5. The van der Waals surface area contributed by atoms with Gasteiger partial charge in [0, 0.05) is 26.2 Å². The predicted molar refractivity (Wildman–Crippen MR) is 77.9 cm³/mol. The molecule has 0 N–H and O–H groups in total. The first-order chi connectivity index (χ1) is 10.2. The van der Waals surface area contributed by atoms with Gasteiger partial charge in [-0.2, -0.15) is 17.5 Å². The molecule has 1 heterocycles. The number of aryl methyl sites for hydroxylation is 1. The van der Waals surface area contributed by atoms with Gasteiger partial charge in [0.25, 0.3) is 0 Å². The molecule has 0 aromatic heterocycles. The molecule has 0 atom stereocenters. The summed E-state index contributed by atoms with van der Waals surface area (Å²) in [6.07, 6.45) is -4.25. The van der Waals surface area contributed by atoms with Crippen LogP contribution in [0, 0.1) is 6.92 Å². The summed E-state index contributed by atoms with van der Waals surface area (Å²) in [5.74, 6) is -0.117. The molecule has 0 saturated carbocycles. The fourth-order valence-corrected chi connectivity index (χ4v) is 4.03. The van der Waals surface area contributed by atoms with Gasteiger partial charge in [-0.25, -0.2) is 8.42 Å². The third-order valence-electron chi connectivity index (χ3n) is 3.56. The van der Waals surface area contributed by atoms with E-state index < -0.39 is 22.7 Å². The zero-order chi connectivity index (χ0) is 16.4. The lowest BCUT2D eigenvalue weighted by molar-refractivity contribution is -0.148. The van der Waals surface area contributed by atoms with Crippen LogP contribution in [0.5, 0.6) is 0 Å². The van der Waals surface area contributed by atoms with Crippen molar-refractivity contribution in [3.8, 4) is 0 Å². The summed E-state index contributed by atoms with van der Waals surface area (Å²) in [6, 6.07) is 7.22. The van der Waals surface area contributed by atoms with Gasteiger partial charge in [-0.3, -0.25) is 4.90 Å². The lowest BCUT2D eigenvalue weighted by Gasteiger charge is -2.34. The summed E-state index contributed by atoms with van der Waals surface area (Å²) in [4.78, 5) is 1.23. The van der Waals surface area contributed by atoms with Gasteiger partial charge in [0.05, 0.1) is 12.3 Å². The molecule has 124 valence electrons. The highest BCUT2D eigenvalue weighted by Gasteiger charge is 2.34. The van der Waals surface area contributed by atoms with Gasteiger partial charge in [-0.05, 0) is 12.5 Å². The molecule has 0 bridgehead atoms. The Labute approximate surface area is 128 Å². The Balaban J connectivity index is 1.95. The van der Waals surface area contributed by atoms with E-state index >= 15 is 0 Å². The highest BCUT2D eigenvalue weighted by molar-refractivity contribution is 7.88. The molecule has 0 spiro atoms. The van der Waals surface area contributed by atoms with E-state index in [4.69, 9.17) is 0 Å². The molecule has 4 nitrogen and oxygen atoms in total. The Bertz CT molecular complexity index is 609. The third kappa shape index (κ3) is 4.96. The molecule has 0 amide bonds. The van der Waals surface area contributed by atoms with Crippen molar-refractivity contribution in [3.05, 3.63) is 35.4 Å². The number of piperazine rings is 1. The molecular weight excluding hydrogens is 317 g/mol. The first kappa shape index (κ1) is 17.2. The van der Waals surface area contributed by atoms with Crippen LogP contribution in [-0.2, 0) is 15.8 Å². The van der Waals surface area contributed by atoms with Crippen molar-refractivity contribution in [3.63, 3.8) is 0 Å². The van der Waals surface area contributed by atoms with Crippen LogP contribution in [-0.4, -0.2) is 56.5 Å². The molecule has 1 fully saturated rings. The van der Waals surface area contributed by atoms with Crippen LogP contribution in [0.1, 0.15) is 11.1 Å². The first-order valence-corrected chi connectivity index (χ1v) is 8.59. The second kappa shape index (κ2) is 6.55. The van der Waals surface area contributed by atoms with E-state index in [1.54, 1.807) is 18.2 Å². The summed E-state index contributed by atoms with van der Waals surface area (Å²) in [6.45, 7) is 1.30. The molecule has 1 aliphatic rings. The number of sulfonamides is 1. The van der Waals surface area contributed by atoms with Crippen LogP contribution in [0.3, 0.4) is 0 Å². The quantitative estimate of drug-likeness (QED) is 0.844.